The Kier molecular flexibility index (Phi) is 2.35. The number of nitrogens with two attached hydrogens (primary N) is 1. The number of hydrogen-bond acceptors (Lipinski definition) is 3. The first kappa shape index (κ1) is 8.99. The number of anilines is 1. The van der Waals surface area contributed by atoms with E-state index < -0.39 is 0 Å². The molecule has 3 N–H and O–H groups in total. The molecule has 14 heavy (non-hydrogen) atoms. The van der Waals surface area contributed by atoms with Gasteiger partial charge in [0.15, 0.2) is 5.69 Å². The van der Waals surface area contributed by atoms with Crippen molar-refractivity contribution >= 4 is 11.6 Å². The third-order valence-corrected chi connectivity index (χ3v) is 2.49. The third kappa shape index (κ3) is 1.69. The molecule has 0 unspecified atom stereocenters. The third-order valence-electron chi connectivity index (χ3n) is 2.49. The smallest absolute Gasteiger partial charge is 0.272 e. The predicted molar refractivity (Wildman–Crippen MR) is 53.8 cm³/mol. The molecule has 0 atom stereocenters. The first-order valence-corrected chi connectivity index (χ1v) is 4.79. The van der Waals surface area contributed by atoms with Gasteiger partial charge in [0.05, 0.1) is 5.69 Å². The molecule has 1 aliphatic carbocycles. The van der Waals surface area contributed by atoms with Gasteiger partial charge in [-0.15, -0.1) is 0 Å². The maximum absolute atomic E-state index is 11.6. The van der Waals surface area contributed by atoms with Crippen LogP contribution in [0.5, 0.6) is 0 Å². The zero-order valence-corrected chi connectivity index (χ0v) is 7.86. The van der Waals surface area contributed by atoms with Crippen molar-refractivity contribution in [2.45, 2.75) is 25.3 Å². The van der Waals surface area contributed by atoms with Crippen LogP contribution >= 0.6 is 0 Å². The summed E-state index contributed by atoms with van der Waals surface area (Å²) in [6.07, 6.45) is 4.91. The van der Waals surface area contributed by atoms with E-state index >= 15 is 0 Å². The molecule has 0 saturated heterocycles. The van der Waals surface area contributed by atoms with E-state index in [1.807, 2.05) is 0 Å². The summed E-state index contributed by atoms with van der Waals surface area (Å²) in [7, 11) is 0. The molecule has 1 heterocycles. The van der Waals surface area contributed by atoms with Gasteiger partial charge in [0.2, 0.25) is 0 Å². The van der Waals surface area contributed by atoms with Gasteiger partial charge in [-0.2, -0.15) is 0 Å². The lowest BCUT2D eigenvalue weighted by Gasteiger charge is -2.26. The fourth-order valence-electron chi connectivity index (χ4n) is 1.41. The number of hydrogen-bond donors (Lipinski definition) is 2. The van der Waals surface area contributed by atoms with Crippen molar-refractivity contribution in [2.24, 2.45) is 0 Å². The molecular formula is C10H13N3O. The van der Waals surface area contributed by atoms with Gasteiger partial charge < -0.3 is 11.1 Å². The van der Waals surface area contributed by atoms with Crippen LogP contribution in [0.15, 0.2) is 18.3 Å². The number of rotatable bonds is 2. The Labute approximate surface area is 82.5 Å². The molecule has 74 valence electrons. The van der Waals surface area contributed by atoms with Gasteiger partial charge in [0, 0.05) is 12.2 Å². The second-order valence-electron chi connectivity index (χ2n) is 3.54. The Balaban J connectivity index is 2.06. The number of nitrogens with zero attached hydrogens (tertiary/aromatic N) is 1. The monoisotopic (exact) mass is 191 g/mol. The Hall–Kier alpha value is -1.58. The second-order valence-corrected chi connectivity index (χ2v) is 3.54. The van der Waals surface area contributed by atoms with Gasteiger partial charge in [0.1, 0.15) is 0 Å². The van der Waals surface area contributed by atoms with Crippen LogP contribution in [-0.4, -0.2) is 16.9 Å². The van der Waals surface area contributed by atoms with Crippen molar-refractivity contribution in [1.29, 1.82) is 0 Å². The average Bonchev–Trinajstić information content (AvgIpc) is 2.12. The lowest BCUT2D eigenvalue weighted by atomic mass is 9.93. The predicted octanol–water partition coefficient (Wildman–Crippen LogP) is 0.946. The molecule has 0 aromatic carbocycles. The summed E-state index contributed by atoms with van der Waals surface area (Å²) in [4.78, 5) is 15.6. The summed E-state index contributed by atoms with van der Waals surface area (Å²) in [5.74, 6) is -0.159. The summed E-state index contributed by atoms with van der Waals surface area (Å²) in [6.45, 7) is 0. The molecule has 0 radical (unpaired) electrons. The summed E-state index contributed by atoms with van der Waals surface area (Å²) in [6, 6.07) is 3.72. The van der Waals surface area contributed by atoms with Crippen molar-refractivity contribution in [3.8, 4) is 0 Å². The number of nitrogens with one attached hydrogen (secondary N) is 1. The highest BCUT2D eigenvalue weighted by Gasteiger charge is 2.21. The standard InChI is InChI=1S/C10H13N3O/c11-8-5-2-6-12-9(8)10(14)13-7-3-1-4-7/h2,5-7H,1,3-4,11H2,(H,13,14). The van der Waals surface area contributed by atoms with E-state index in [1.165, 1.54) is 6.42 Å². The van der Waals surface area contributed by atoms with Gasteiger partial charge >= 0.3 is 0 Å². The van der Waals surface area contributed by atoms with Gasteiger partial charge in [-0.25, -0.2) is 4.98 Å². The Morgan fingerprint density at radius 2 is 2.36 bits per heavy atom. The molecule has 2 rings (SSSR count). The molecule has 1 saturated carbocycles. The Morgan fingerprint density at radius 1 is 1.57 bits per heavy atom. The Bertz CT molecular complexity index is 347. The van der Waals surface area contributed by atoms with E-state index in [-0.39, 0.29) is 5.91 Å². The van der Waals surface area contributed by atoms with Gasteiger partial charge in [-0.05, 0) is 31.4 Å². The summed E-state index contributed by atoms with van der Waals surface area (Å²) < 4.78 is 0. The number of amides is 1. The van der Waals surface area contributed by atoms with Crippen LogP contribution in [0.25, 0.3) is 0 Å². The van der Waals surface area contributed by atoms with Crippen molar-refractivity contribution < 1.29 is 4.79 Å². The highest BCUT2D eigenvalue weighted by Crippen LogP contribution is 2.19. The largest absolute Gasteiger partial charge is 0.397 e. The number of aromatic nitrogens is 1. The number of pyridine rings is 1. The quantitative estimate of drug-likeness (QED) is 0.731. The molecule has 0 spiro atoms. The van der Waals surface area contributed by atoms with E-state index in [0.29, 0.717) is 17.4 Å². The molecule has 4 nitrogen and oxygen atoms in total. The molecule has 1 amide bonds. The second kappa shape index (κ2) is 3.65. The maximum Gasteiger partial charge on any atom is 0.272 e. The molecule has 1 aliphatic rings. The van der Waals surface area contributed by atoms with Gasteiger partial charge in [-0.1, -0.05) is 0 Å². The SMILES string of the molecule is Nc1cccnc1C(=O)NC1CCC1. The van der Waals surface area contributed by atoms with E-state index in [0.717, 1.165) is 12.8 Å². The minimum Gasteiger partial charge on any atom is -0.397 e. The fourth-order valence-corrected chi connectivity index (χ4v) is 1.41. The molecule has 1 fully saturated rings. The lowest BCUT2D eigenvalue weighted by molar-refractivity contribution is 0.0913. The van der Waals surface area contributed by atoms with Crippen molar-refractivity contribution in [1.82, 2.24) is 10.3 Å². The van der Waals surface area contributed by atoms with E-state index in [9.17, 15) is 4.79 Å². The number of carbonyl (C=O) groups excluding carboxylic acids is 1. The van der Waals surface area contributed by atoms with Crippen molar-refractivity contribution in [2.75, 3.05) is 5.73 Å². The average molecular weight is 191 g/mol. The van der Waals surface area contributed by atoms with Gasteiger partial charge in [-0.3, -0.25) is 4.79 Å². The van der Waals surface area contributed by atoms with Crippen molar-refractivity contribution in [3.63, 3.8) is 0 Å². The molecule has 0 bridgehead atoms. The minimum absolute atomic E-state index is 0.159. The maximum atomic E-state index is 11.6. The normalized spacial score (nSPS) is 16.0. The molecular weight excluding hydrogens is 178 g/mol. The fraction of sp³-hybridized carbons (Fsp3) is 0.400. The summed E-state index contributed by atoms with van der Waals surface area (Å²) >= 11 is 0. The minimum atomic E-state index is -0.159. The summed E-state index contributed by atoms with van der Waals surface area (Å²) in [5.41, 5.74) is 6.40. The summed E-state index contributed by atoms with van der Waals surface area (Å²) in [5, 5.41) is 2.89. The number of nitrogen functional groups attached to an aromatic ring is 1. The molecule has 1 aromatic rings. The van der Waals surface area contributed by atoms with Crippen molar-refractivity contribution in [3.05, 3.63) is 24.0 Å². The Morgan fingerprint density at radius 3 is 2.93 bits per heavy atom. The number of carbonyl (C=O) groups is 1. The zero-order chi connectivity index (χ0) is 9.97. The highest BCUT2D eigenvalue weighted by atomic mass is 16.2. The lowest BCUT2D eigenvalue weighted by Crippen LogP contribution is -2.40. The highest BCUT2D eigenvalue weighted by molar-refractivity contribution is 5.97. The topological polar surface area (TPSA) is 68.0 Å². The van der Waals surface area contributed by atoms with Crippen LogP contribution in [0.2, 0.25) is 0 Å². The van der Waals surface area contributed by atoms with Crippen LogP contribution in [-0.2, 0) is 0 Å². The molecule has 1 aromatic heterocycles. The van der Waals surface area contributed by atoms with Gasteiger partial charge in [0.25, 0.3) is 5.91 Å². The van der Waals surface area contributed by atoms with Crippen LogP contribution in [0.4, 0.5) is 5.69 Å². The van der Waals surface area contributed by atoms with E-state index in [1.54, 1.807) is 18.3 Å². The first-order chi connectivity index (χ1) is 6.77. The van der Waals surface area contributed by atoms with Crippen LogP contribution < -0.4 is 11.1 Å². The first-order valence-electron chi connectivity index (χ1n) is 4.79. The van der Waals surface area contributed by atoms with E-state index in [2.05, 4.69) is 10.3 Å². The zero-order valence-electron chi connectivity index (χ0n) is 7.86. The van der Waals surface area contributed by atoms with Crippen LogP contribution in [0.3, 0.4) is 0 Å². The van der Waals surface area contributed by atoms with Crippen LogP contribution in [0.1, 0.15) is 29.8 Å². The van der Waals surface area contributed by atoms with E-state index in [4.69, 9.17) is 5.73 Å². The molecule has 0 aliphatic heterocycles. The van der Waals surface area contributed by atoms with Crippen LogP contribution in [0, 0.1) is 0 Å². The molecule has 4 heteroatoms.